The van der Waals surface area contributed by atoms with Crippen LogP contribution in [0.2, 0.25) is 0 Å². The van der Waals surface area contributed by atoms with Crippen LogP contribution in [0.4, 0.5) is 0 Å². The second-order valence-electron chi connectivity index (χ2n) is 14.8. The van der Waals surface area contributed by atoms with Gasteiger partial charge in [-0.05, 0) is 90.2 Å². The normalized spacial score (nSPS) is 39.2. The van der Waals surface area contributed by atoms with Gasteiger partial charge in [0, 0.05) is 18.9 Å². The number of hydrogen-bond acceptors (Lipinski definition) is 0. The van der Waals surface area contributed by atoms with Gasteiger partial charge in [0.25, 0.3) is 0 Å². The molecule has 6 atom stereocenters. The second-order valence-corrected chi connectivity index (χ2v) is 14.8. The van der Waals surface area contributed by atoms with Gasteiger partial charge in [-0.15, -0.1) is 0 Å². The van der Waals surface area contributed by atoms with Gasteiger partial charge in [-0.25, -0.2) is 0 Å². The lowest BCUT2D eigenvalue weighted by Gasteiger charge is -2.45. The van der Waals surface area contributed by atoms with E-state index >= 15 is 0 Å². The summed E-state index contributed by atoms with van der Waals surface area (Å²) >= 11 is 0. The number of nitrogens with zero attached hydrogens (tertiary/aromatic N) is 1. The lowest BCUT2D eigenvalue weighted by molar-refractivity contribution is -0.751. The van der Waals surface area contributed by atoms with Crippen molar-refractivity contribution in [3.63, 3.8) is 0 Å². The molecule has 4 aliphatic rings. The van der Waals surface area contributed by atoms with Crippen LogP contribution in [0.15, 0.2) is 36.5 Å². The molecule has 0 saturated heterocycles. The van der Waals surface area contributed by atoms with E-state index in [2.05, 4.69) is 89.6 Å². The topological polar surface area (TPSA) is 3.88 Å². The average Bonchev–Trinajstić information content (AvgIpc) is 3.35. The molecule has 2 fully saturated rings. The van der Waals surface area contributed by atoms with Crippen molar-refractivity contribution >= 4 is 21.7 Å². The van der Waals surface area contributed by atoms with E-state index in [4.69, 9.17) is 0 Å². The molecule has 1 aromatic heterocycles. The largest absolute Gasteiger partial charge is 0.221 e. The van der Waals surface area contributed by atoms with Crippen molar-refractivity contribution in [3.8, 4) is 0 Å². The van der Waals surface area contributed by atoms with Gasteiger partial charge in [0.1, 0.15) is 0 Å². The first-order chi connectivity index (χ1) is 17.6. The highest BCUT2D eigenvalue weighted by Crippen LogP contribution is 2.78. The molecule has 1 nitrogen and oxygen atoms in total. The molecule has 0 amide bonds. The number of unbranched alkanes of at least 4 members (excludes halogenated alkanes) is 2. The van der Waals surface area contributed by atoms with Gasteiger partial charge in [0.15, 0.2) is 11.7 Å². The molecule has 2 aromatic carbocycles. The Balaban J connectivity index is 1.52. The Bertz CT molecular complexity index is 1450. The van der Waals surface area contributed by atoms with E-state index in [1.165, 1.54) is 67.7 Å². The smallest absolute Gasteiger partial charge is 0.192 e. The first-order valence-electron chi connectivity index (χ1n) is 15.6. The summed E-state index contributed by atoms with van der Waals surface area (Å²) in [5, 5.41) is 4.54. The summed E-state index contributed by atoms with van der Waals surface area (Å²) < 4.78 is 2.81. The zero-order valence-electron chi connectivity index (χ0n) is 24.6. The molecule has 37 heavy (non-hydrogen) atoms. The first-order valence-corrected chi connectivity index (χ1v) is 15.6. The summed E-state index contributed by atoms with van der Waals surface area (Å²) in [5.41, 5.74) is 8.19. The molecule has 6 unspecified atom stereocenters. The third kappa shape index (κ3) is 2.75. The number of hydrogen-bond donors (Lipinski definition) is 0. The number of benzene rings is 2. The number of fused-ring (bicyclic) bond motifs is 7. The molecule has 1 aliphatic heterocycles. The van der Waals surface area contributed by atoms with Crippen molar-refractivity contribution in [2.24, 2.45) is 10.8 Å². The summed E-state index contributed by atoms with van der Waals surface area (Å²) in [4.78, 5) is 0. The number of rotatable bonds is 6. The fraction of sp³-hybridized carbons (Fsp3) is 0.639. The maximum atomic E-state index is 2.81. The summed E-state index contributed by atoms with van der Waals surface area (Å²) in [6.07, 6.45) is 16.3. The number of aromatic nitrogens is 1. The van der Waals surface area contributed by atoms with Crippen molar-refractivity contribution in [1.29, 1.82) is 0 Å². The molecule has 3 aliphatic carbocycles. The molecular weight excluding hydrogens is 446 g/mol. The van der Waals surface area contributed by atoms with Gasteiger partial charge < -0.3 is 0 Å². The second kappa shape index (κ2) is 7.40. The molecule has 2 bridgehead atoms. The van der Waals surface area contributed by atoms with Crippen LogP contribution in [0.3, 0.4) is 0 Å². The van der Waals surface area contributed by atoms with E-state index in [9.17, 15) is 0 Å². The fourth-order valence-corrected chi connectivity index (χ4v) is 10.6. The molecule has 0 radical (unpaired) electrons. The lowest BCUT2D eigenvalue weighted by atomic mass is 9.61. The van der Waals surface area contributed by atoms with Gasteiger partial charge in [0.2, 0.25) is 5.52 Å². The Kier molecular flexibility index (Phi) is 4.83. The first kappa shape index (κ1) is 24.2. The Labute approximate surface area is 225 Å². The van der Waals surface area contributed by atoms with E-state index in [0.29, 0.717) is 16.2 Å². The van der Waals surface area contributed by atoms with Crippen LogP contribution in [-0.4, -0.2) is 0 Å². The van der Waals surface area contributed by atoms with Crippen molar-refractivity contribution in [2.75, 3.05) is 0 Å². The summed E-state index contributed by atoms with van der Waals surface area (Å²) in [6, 6.07) is 12.1. The summed E-state index contributed by atoms with van der Waals surface area (Å²) in [6.45, 7) is 17.6. The van der Waals surface area contributed by atoms with Crippen LogP contribution in [0.5, 0.6) is 0 Å². The van der Waals surface area contributed by atoms with E-state index < -0.39 is 0 Å². The lowest BCUT2D eigenvalue weighted by Crippen LogP contribution is -2.66. The maximum absolute atomic E-state index is 2.81. The monoisotopic (exact) mass is 494 g/mol. The Morgan fingerprint density at radius 2 is 1.70 bits per heavy atom. The fourth-order valence-electron chi connectivity index (χ4n) is 10.6. The van der Waals surface area contributed by atoms with Crippen LogP contribution in [0.25, 0.3) is 21.7 Å². The van der Waals surface area contributed by atoms with E-state index in [1.807, 2.05) is 0 Å². The highest BCUT2D eigenvalue weighted by Gasteiger charge is 2.69. The zero-order valence-corrected chi connectivity index (χ0v) is 24.6. The molecule has 2 saturated carbocycles. The molecule has 196 valence electrons. The minimum Gasteiger partial charge on any atom is -0.192 e. The van der Waals surface area contributed by atoms with Crippen molar-refractivity contribution < 1.29 is 4.57 Å². The predicted octanol–water partition coefficient (Wildman–Crippen LogP) is 9.60. The highest BCUT2D eigenvalue weighted by atomic mass is 15.1. The maximum Gasteiger partial charge on any atom is 0.221 e. The molecule has 2 heterocycles. The van der Waals surface area contributed by atoms with Crippen LogP contribution in [-0.2, 0) is 16.4 Å². The Morgan fingerprint density at radius 1 is 0.892 bits per heavy atom. The third-order valence-electron chi connectivity index (χ3n) is 13.1. The standard InChI is InChI=1S/C36H48N/c1-8-11-12-18-36-22-32(4)19-25(20-33(36,5)23-36)27-21-37-31-26(30(27)32)17-16-24-14-13-15-28(29(24)31)34(6,9-2)35(37,7)10-3/h13-17,21,25H,8-12,18-20,22-23H2,1-7H3/q+1. The van der Waals surface area contributed by atoms with Crippen LogP contribution in [0, 0.1) is 10.8 Å². The van der Waals surface area contributed by atoms with Gasteiger partial charge >= 0.3 is 0 Å². The molecule has 7 rings (SSSR count). The summed E-state index contributed by atoms with van der Waals surface area (Å²) in [7, 11) is 0. The van der Waals surface area contributed by atoms with Gasteiger partial charge in [-0.2, -0.15) is 4.57 Å². The number of pyridine rings is 1. The summed E-state index contributed by atoms with van der Waals surface area (Å²) in [5.74, 6) is 0.718. The zero-order chi connectivity index (χ0) is 26.0. The average molecular weight is 495 g/mol. The molecule has 1 heteroatoms. The van der Waals surface area contributed by atoms with E-state index in [0.717, 1.165) is 18.8 Å². The highest BCUT2D eigenvalue weighted by molar-refractivity contribution is 6.08. The molecule has 0 spiro atoms. The Hall–Kier alpha value is -1.89. The molecule has 0 N–H and O–H groups in total. The van der Waals surface area contributed by atoms with E-state index in [1.54, 1.807) is 22.1 Å². The minimum absolute atomic E-state index is 0.0682. The van der Waals surface area contributed by atoms with Gasteiger partial charge in [-0.1, -0.05) is 78.1 Å². The van der Waals surface area contributed by atoms with Crippen LogP contribution in [0.1, 0.15) is 135 Å². The predicted molar refractivity (Wildman–Crippen MR) is 156 cm³/mol. The minimum atomic E-state index is 0.0682. The van der Waals surface area contributed by atoms with Crippen LogP contribution < -0.4 is 4.57 Å². The third-order valence-corrected chi connectivity index (χ3v) is 13.1. The van der Waals surface area contributed by atoms with Gasteiger partial charge in [0.05, 0.1) is 16.2 Å². The molecular formula is C36H48N+. The SMILES string of the molecule is CCCCCC12CC3(C)CC(CC1(C)C2)c1c[n+]2c4c(ccc5cccc(c54)C(C)(CC)C2(C)CC)c13. The van der Waals surface area contributed by atoms with Gasteiger partial charge in [-0.3, -0.25) is 0 Å². The van der Waals surface area contributed by atoms with E-state index in [-0.39, 0.29) is 11.0 Å². The molecule has 3 aromatic rings. The van der Waals surface area contributed by atoms with Crippen molar-refractivity contribution in [1.82, 2.24) is 0 Å². The van der Waals surface area contributed by atoms with Crippen LogP contribution >= 0.6 is 0 Å². The van der Waals surface area contributed by atoms with Crippen molar-refractivity contribution in [3.05, 3.63) is 53.2 Å². The quantitative estimate of drug-likeness (QED) is 0.182. The Morgan fingerprint density at radius 3 is 2.43 bits per heavy atom. The van der Waals surface area contributed by atoms with Crippen molar-refractivity contribution in [2.45, 2.75) is 135 Å².